The maximum Gasteiger partial charge on any atom is 0.254 e. The van der Waals surface area contributed by atoms with Crippen LogP contribution in [-0.2, 0) is 11.0 Å². The van der Waals surface area contributed by atoms with Crippen molar-refractivity contribution in [2.75, 3.05) is 0 Å². The highest BCUT2D eigenvalue weighted by Crippen LogP contribution is 2.02. The molecular formula is C15H20O3S. The van der Waals surface area contributed by atoms with Gasteiger partial charge in [-0.1, -0.05) is 60.2 Å². The molecule has 0 saturated heterocycles. The van der Waals surface area contributed by atoms with Crippen LogP contribution in [0.4, 0.5) is 0 Å². The second kappa shape index (κ2) is 10.3. The molecule has 2 aromatic rings. The van der Waals surface area contributed by atoms with Crippen molar-refractivity contribution < 1.29 is 13.0 Å². The van der Waals surface area contributed by atoms with Crippen LogP contribution >= 0.6 is 0 Å². The van der Waals surface area contributed by atoms with E-state index < -0.39 is 11.0 Å². The summed E-state index contributed by atoms with van der Waals surface area (Å²) < 4.78 is 24.2. The predicted octanol–water partition coefficient (Wildman–Crippen LogP) is 3.37. The first-order valence-corrected chi connectivity index (χ1v) is 6.93. The molecule has 0 spiro atoms. The predicted molar refractivity (Wildman–Crippen MR) is 80.0 cm³/mol. The molecule has 0 atom stereocenters. The molecule has 19 heavy (non-hydrogen) atoms. The molecule has 3 nitrogen and oxygen atoms in total. The first-order chi connectivity index (χ1) is 8.93. The Labute approximate surface area is 116 Å². The molecule has 2 rings (SSSR count). The lowest BCUT2D eigenvalue weighted by molar-refractivity contribution is 0.509. The van der Waals surface area contributed by atoms with Crippen molar-refractivity contribution in [2.24, 2.45) is 0 Å². The number of hydrogen-bond acceptors (Lipinski definition) is 2. The van der Waals surface area contributed by atoms with Crippen LogP contribution in [0.1, 0.15) is 16.7 Å². The van der Waals surface area contributed by atoms with Crippen LogP contribution in [0, 0.1) is 20.8 Å². The van der Waals surface area contributed by atoms with E-state index in [-0.39, 0.29) is 0 Å². The van der Waals surface area contributed by atoms with Gasteiger partial charge in [0.15, 0.2) is 0 Å². The van der Waals surface area contributed by atoms with Gasteiger partial charge in [0.05, 0.1) is 0 Å². The van der Waals surface area contributed by atoms with Gasteiger partial charge in [0.2, 0.25) is 0 Å². The molecule has 0 radical (unpaired) electrons. The zero-order chi connectivity index (χ0) is 14.7. The number of rotatable bonds is 0. The van der Waals surface area contributed by atoms with Crippen molar-refractivity contribution in [3.8, 4) is 0 Å². The van der Waals surface area contributed by atoms with Crippen molar-refractivity contribution >= 4 is 11.0 Å². The van der Waals surface area contributed by atoms with E-state index >= 15 is 0 Å². The Hall–Kier alpha value is -1.65. The Bertz CT molecular complexity index is 505. The molecule has 0 aliphatic heterocycles. The molecule has 2 aromatic carbocycles. The highest BCUT2D eigenvalue weighted by Gasteiger charge is 1.83. The summed E-state index contributed by atoms with van der Waals surface area (Å²) in [7, 11) is -3.12. The molecule has 4 heteroatoms. The van der Waals surface area contributed by atoms with Gasteiger partial charge in [0.1, 0.15) is 0 Å². The Morgan fingerprint density at radius 3 is 1.26 bits per heavy atom. The zero-order valence-corrected chi connectivity index (χ0v) is 12.3. The third-order valence-corrected chi connectivity index (χ3v) is 2.37. The van der Waals surface area contributed by atoms with Crippen molar-refractivity contribution in [2.45, 2.75) is 20.8 Å². The summed E-state index contributed by atoms with van der Waals surface area (Å²) in [6, 6.07) is 18.6. The van der Waals surface area contributed by atoms with E-state index in [2.05, 4.69) is 57.2 Å². The van der Waals surface area contributed by atoms with Crippen LogP contribution < -0.4 is 0 Å². The van der Waals surface area contributed by atoms with E-state index in [1.165, 1.54) is 16.7 Å². The molecule has 0 saturated carbocycles. The third-order valence-electron chi connectivity index (χ3n) is 2.37. The van der Waals surface area contributed by atoms with Gasteiger partial charge in [-0.25, -0.2) is 8.42 Å². The fourth-order valence-electron chi connectivity index (χ4n) is 1.20. The quantitative estimate of drug-likeness (QED) is 0.574. The lowest BCUT2D eigenvalue weighted by Crippen LogP contribution is -1.74. The summed E-state index contributed by atoms with van der Waals surface area (Å²) in [6.45, 7) is 6.32. The third kappa shape index (κ3) is 11.2. The number of benzene rings is 2. The summed E-state index contributed by atoms with van der Waals surface area (Å²) in [5, 5.41) is 0. The molecule has 0 heterocycles. The van der Waals surface area contributed by atoms with E-state index in [0.29, 0.717) is 0 Å². The largest absolute Gasteiger partial charge is 0.288 e. The normalized spacial score (nSPS) is 8.89. The van der Waals surface area contributed by atoms with Crippen molar-refractivity contribution in [1.29, 1.82) is 0 Å². The highest BCUT2D eigenvalue weighted by atomic mass is 32.2. The summed E-state index contributed by atoms with van der Waals surface area (Å²) in [5.41, 5.74) is 4.06. The maximum atomic E-state index is 8.59. The van der Waals surface area contributed by atoms with Crippen molar-refractivity contribution in [1.82, 2.24) is 0 Å². The first kappa shape index (κ1) is 17.4. The fraction of sp³-hybridized carbons (Fsp3) is 0.200. The zero-order valence-electron chi connectivity index (χ0n) is 11.4. The smallest absolute Gasteiger partial charge is 0.254 e. The molecule has 0 aliphatic rings. The summed E-state index contributed by atoms with van der Waals surface area (Å²) in [5.74, 6) is 0. The Balaban J connectivity index is 0.000000272. The van der Waals surface area contributed by atoms with Gasteiger partial charge in [-0.15, -0.1) is 0 Å². The summed E-state index contributed by atoms with van der Waals surface area (Å²) in [4.78, 5) is 0. The van der Waals surface area contributed by atoms with Crippen LogP contribution in [0.15, 0.2) is 54.6 Å². The number of hydrogen-bond donors (Lipinski definition) is 2. The molecule has 0 aromatic heterocycles. The molecule has 0 bridgehead atoms. The molecule has 0 unspecified atom stereocenters. The Morgan fingerprint density at radius 1 is 0.737 bits per heavy atom. The minimum absolute atomic E-state index is 1.32. The highest BCUT2D eigenvalue weighted by molar-refractivity contribution is 7.66. The van der Waals surface area contributed by atoms with E-state index in [1.54, 1.807) is 0 Å². The van der Waals surface area contributed by atoms with E-state index in [0.717, 1.165) is 0 Å². The molecule has 0 fully saturated rings. The molecule has 0 amide bonds. The van der Waals surface area contributed by atoms with Gasteiger partial charge in [0, 0.05) is 0 Å². The second-order valence-corrected chi connectivity index (χ2v) is 4.45. The summed E-state index contributed by atoms with van der Waals surface area (Å²) in [6.07, 6.45) is 0. The van der Waals surface area contributed by atoms with Gasteiger partial charge < -0.3 is 0 Å². The molecule has 0 aliphatic carbocycles. The van der Waals surface area contributed by atoms with Gasteiger partial charge in [-0.05, 0) is 31.9 Å². The van der Waals surface area contributed by atoms with Crippen LogP contribution in [0.25, 0.3) is 0 Å². The fourth-order valence-corrected chi connectivity index (χ4v) is 1.20. The van der Waals surface area contributed by atoms with Crippen LogP contribution in [-0.4, -0.2) is 13.0 Å². The maximum absolute atomic E-state index is 8.59. The number of aryl methyl sites for hydroxylation is 3. The van der Waals surface area contributed by atoms with Crippen molar-refractivity contribution in [3.63, 3.8) is 0 Å². The first-order valence-electron chi connectivity index (χ1n) is 5.80. The minimum atomic E-state index is -3.12. The lowest BCUT2D eigenvalue weighted by Gasteiger charge is -1.93. The molecular weight excluding hydrogens is 260 g/mol. The van der Waals surface area contributed by atoms with E-state index in [4.69, 9.17) is 13.0 Å². The lowest BCUT2D eigenvalue weighted by atomic mass is 10.1. The Morgan fingerprint density at radius 2 is 1.05 bits per heavy atom. The minimum Gasteiger partial charge on any atom is -0.288 e. The number of thiol groups is 1. The monoisotopic (exact) mass is 280 g/mol. The Kier molecular flexibility index (Phi) is 9.40. The van der Waals surface area contributed by atoms with E-state index in [9.17, 15) is 0 Å². The topological polar surface area (TPSA) is 54.4 Å². The van der Waals surface area contributed by atoms with Crippen LogP contribution in [0.3, 0.4) is 0 Å². The van der Waals surface area contributed by atoms with Crippen molar-refractivity contribution in [3.05, 3.63) is 71.3 Å². The average molecular weight is 280 g/mol. The second-order valence-electron chi connectivity index (χ2n) is 3.98. The van der Waals surface area contributed by atoms with Gasteiger partial charge in [-0.2, -0.15) is 0 Å². The van der Waals surface area contributed by atoms with Crippen LogP contribution in [0.5, 0.6) is 0 Å². The van der Waals surface area contributed by atoms with Gasteiger partial charge in [0.25, 0.3) is 11.0 Å². The van der Waals surface area contributed by atoms with Gasteiger partial charge >= 0.3 is 0 Å². The SMILES string of the molecule is Cc1ccccc1.Cc1ccccc1C.O=[SH](=O)O. The van der Waals surface area contributed by atoms with Gasteiger partial charge in [-0.3, -0.25) is 4.55 Å². The molecule has 104 valence electrons. The average Bonchev–Trinajstić information content (AvgIpc) is 2.34. The van der Waals surface area contributed by atoms with Crippen LogP contribution in [0.2, 0.25) is 0 Å². The van der Waals surface area contributed by atoms with E-state index in [1.807, 2.05) is 18.2 Å². The summed E-state index contributed by atoms with van der Waals surface area (Å²) >= 11 is 0. The molecule has 1 N–H and O–H groups in total. The standard InChI is InChI=1S/C8H10.C7H8.H2O3S/c1-7-5-3-4-6-8(7)2;1-7-5-3-2-4-6-7;1-4(2)3/h3-6H,1-2H3;2-6H,1H3;4H,(H,1,2,3).